The van der Waals surface area contributed by atoms with Gasteiger partial charge in [0.05, 0.1) is 13.1 Å². The van der Waals surface area contributed by atoms with Gasteiger partial charge < -0.3 is 9.80 Å². The van der Waals surface area contributed by atoms with E-state index in [0.717, 1.165) is 13.1 Å². The highest BCUT2D eigenvalue weighted by molar-refractivity contribution is 5.78. The van der Waals surface area contributed by atoms with Crippen molar-refractivity contribution in [2.24, 2.45) is 0 Å². The number of hydrogen-bond acceptors (Lipinski definition) is 3. The first-order chi connectivity index (χ1) is 7.52. The molecule has 0 aromatic rings. The van der Waals surface area contributed by atoms with Crippen molar-refractivity contribution in [2.75, 3.05) is 40.3 Å². The standard InChI is InChI=1S/C12H23N3O/c1-6-8-13-9-12(16)15(7-2)11(3)10-14(4)5/h1,11,13H,7-10H2,2-5H3. The minimum Gasteiger partial charge on any atom is -0.338 e. The molecule has 0 aliphatic heterocycles. The van der Waals surface area contributed by atoms with E-state index in [1.54, 1.807) is 0 Å². The van der Waals surface area contributed by atoms with E-state index < -0.39 is 0 Å². The molecule has 0 fully saturated rings. The molecule has 0 aliphatic rings. The fourth-order valence-corrected chi connectivity index (χ4v) is 1.70. The number of rotatable bonds is 7. The summed E-state index contributed by atoms with van der Waals surface area (Å²) in [6.07, 6.45) is 5.10. The van der Waals surface area contributed by atoms with Crippen LogP contribution in [0.1, 0.15) is 13.8 Å². The van der Waals surface area contributed by atoms with Gasteiger partial charge in [0.15, 0.2) is 0 Å². The van der Waals surface area contributed by atoms with E-state index in [0.29, 0.717) is 13.1 Å². The van der Waals surface area contributed by atoms with Gasteiger partial charge in [-0.1, -0.05) is 5.92 Å². The Balaban J connectivity index is 4.15. The number of terminal acetylenes is 1. The van der Waals surface area contributed by atoms with E-state index in [9.17, 15) is 4.79 Å². The monoisotopic (exact) mass is 225 g/mol. The van der Waals surface area contributed by atoms with E-state index in [1.165, 1.54) is 0 Å². The average Bonchev–Trinajstić information content (AvgIpc) is 2.18. The maximum atomic E-state index is 11.8. The molecule has 0 aromatic carbocycles. The molecule has 1 unspecified atom stereocenters. The molecule has 1 amide bonds. The maximum Gasteiger partial charge on any atom is 0.236 e. The molecule has 0 radical (unpaired) electrons. The Kier molecular flexibility index (Phi) is 7.61. The van der Waals surface area contributed by atoms with Crippen LogP contribution in [-0.4, -0.2) is 62.0 Å². The van der Waals surface area contributed by atoms with E-state index in [1.807, 2.05) is 25.9 Å². The van der Waals surface area contributed by atoms with Gasteiger partial charge in [-0.2, -0.15) is 0 Å². The van der Waals surface area contributed by atoms with Crippen molar-refractivity contribution in [2.45, 2.75) is 19.9 Å². The molecular weight excluding hydrogens is 202 g/mol. The third-order valence-corrected chi connectivity index (χ3v) is 2.33. The second-order valence-corrected chi connectivity index (χ2v) is 4.10. The predicted molar refractivity (Wildman–Crippen MR) is 67.1 cm³/mol. The number of carbonyl (C=O) groups excluding carboxylic acids is 1. The summed E-state index contributed by atoms with van der Waals surface area (Å²) in [6.45, 7) is 6.40. The Labute approximate surface area is 99.0 Å². The van der Waals surface area contributed by atoms with E-state index in [2.05, 4.69) is 23.1 Å². The maximum absolute atomic E-state index is 11.8. The summed E-state index contributed by atoms with van der Waals surface area (Å²) in [6, 6.07) is 0.222. The molecule has 92 valence electrons. The van der Waals surface area contributed by atoms with Crippen molar-refractivity contribution >= 4 is 5.91 Å². The zero-order chi connectivity index (χ0) is 12.6. The highest BCUT2D eigenvalue weighted by Gasteiger charge is 2.17. The van der Waals surface area contributed by atoms with Crippen molar-refractivity contribution in [3.05, 3.63) is 0 Å². The van der Waals surface area contributed by atoms with Crippen LogP contribution in [0.4, 0.5) is 0 Å². The first-order valence-electron chi connectivity index (χ1n) is 5.61. The van der Waals surface area contributed by atoms with Gasteiger partial charge in [0.25, 0.3) is 0 Å². The first-order valence-corrected chi connectivity index (χ1v) is 5.61. The van der Waals surface area contributed by atoms with Crippen LogP contribution in [0.15, 0.2) is 0 Å². The minimum atomic E-state index is 0.104. The number of amides is 1. The summed E-state index contributed by atoms with van der Waals surface area (Å²) in [5, 5.41) is 2.92. The van der Waals surface area contributed by atoms with Crippen LogP contribution < -0.4 is 5.32 Å². The minimum absolute atomic E-state index is 0.104. The molecule has 0 saturated heterocycles. The van der Waals surface area contributed by atoms with Gasteiger partial charge in [-0.3, -0.25) is 10.1 Å². The zero-order valence-electron chi connectivity index (χ0n) is 10.8. The Morgan fingerprint density at radius 1 is 1.50 bits per heavy atom. The molecule has 0 aliphatic carbocycles. The van der Waals surface area contributed by atoms with Crippen LogP contribution in [-0.2, 0) is 4.79 Å². The van der Waals surface area contributed by atoms with Gasteiger partial charge in [0, 0.05) is 19.1 Å². The van der Waals surface area contributed by atoms with Gasteiger partial charge >= 0.3 is 0 Å². The molecule has 0 spiro atoms. The summed E-state index contributed by atoms with van der Waals surface area (Å²) in [5.41, 5.74) is 0. The SMILES string of the molecule is C#CCNCC(=O)N(CC)C(C)CN(C)C. The number of hydrogen-bond donors (Lipinski definition) is 1. The fourth-order valence-electron chi connectivity index (χ4n) is 1.70. The molecule has 0 aromatic heterocycles. The van der Waals surface area contributed by atoms with Crippen molar-refractivity contribution in [3.8, 4) is 12.3 Å². The fraction of sp³-hybridized carbons (Fsp3) is 0.750. The number of carbonyl (C=O) groups is 1. The van der Waals surface area contributed by atoms with Crippen LogP contribution in [0.3, 0.4) is 0 Å². The van der Waals surface area contributed by atoms with Gasteiger partial charge in [0.1, 0.15) is 0 Å². The molecular formula is C12H23N3O. The van der Waals surface area contributed by atoms with Crippen LogP contribution in [0.2, 0.25) is 0 Å². The first kappa shape index (κ1) is 14.9. The van der Waals surface area contributed by atoms with Crippen LogP contribution >= 0.6 is 0 Å². The average molecular weight is 225 g/mol. The Bertz CT molecular complexity index is 245. The molecule has 0 rings (SSSR count). The highest BCUT2D eigenvalue weighted by atomic mass is 16.2. The summed E-state index contributed by atoms with van der Waals surface area (Å²) in [7, 11) is 4.01. The van der Waals surface area contributed by atoms with Crippen molar-refractivity contribution in [1.29, 1.82) is 0 Å². The molecule has 1 atom stereocenters. The Morgan fingerprint density at radius 2 is 2.12 bits per heavy atom. The Hall–Kier alpha value is -1.05. The van der Waals surface area contributed by atoms with Crippen molar-refractivity contribution in [3.63, 3.8) is 0 Å². The molecule has 16 heavy (non-hydrogen) atoms. The summed E-state index contributed by atoms with van der Waals surface area (Å²) >= 11 is 0. The number of nitrogens with zero attached hydrogens (tertiary/aromatic N) is 2. The third kappa shape index (κ3) is 5.74. The lowest BCUT2D eigenvalue weighted by atomic mass is 10.2. The van der Waals surface area contributed by atoms with E-state index in [-0.39, 0.29) is 11.9 Å². The number of nitrogens with one attached hydrogen (secondary N) is 1. The third-order valence-electron chi connectivity index (χ3n) is 2.33. The van der Waals surface area contributed by atoms with Gasteiger partial charge in [-0.15, -0.1) is 6.42 Å². The molecule has 4 heteroatoms. The summed E-state index contributed by atoms with van der Waals surface area (Å²) in [4.78, 5) is 15.8. The van der Waals surface area contributed by atoms with Gasteiger partial charge in [-0.25, -0.2) is 0 Å². The summed E-state index contributed by atoms with van der Waals surface area (Å²) in [5.74, 6) is 2.56. The van der Waals surface area contributed by atoms with Crippen molar-refractivity contribution in [1.82, 2.24) is 15.1 Å². The number of likely N-dealkylation sites (N-methyl/N-ethyl adjacent to an activating group) is 2. The molecule has 0 saturated carbocycles. The quantitative estimate of drug-likeness (QED) is 0.490. The lowest BCUT2D eigenvalue weighted by Crippen LogP contribution is -2.47. The zero-order valence-corrected chi connectivity index (χ0v) is 10.8. The van der Waals surface area contributed by atoms with Crippen LogP contribution in [0, 0.1) is 12.3 Å². The van der Waals surface area contributed by atoms with Gasteiger partial charge in [-0.05, 0) is 27.9 Å². The Morgan fingerprint density at radius 3 is 2.56 bits per heavy atom. The molecule has 0 heterocycles. The predicted octanol–water partition coefficient (Wildman–Crippen LogP) is 0.00780. The second kappa shape index (κ2) is 8.14. The summed E-state index contributed by atoms with van der Waals surface area (Å²) < 4.78 is 0. The highest BCUT2D eigenvalue weighted by Crippen LogP contribution is 2.00. The van der Waals surface area contributed by atoms with Crippen LogP contribution in [0.5, 0.6) is 0 Å². The molecule has 0 bridgehead atoms. The second-order valence-electron chi connectivity index (χ2n) is 4.10. The van der Waals surface area contributed by atoms with Gasteiger partial charge in [0.2, 0.25) is 5.91 Å². The molecule has 1 N–H and O–H groups in total. The lowest BCUT2D eigenvalue weighted by Gasteiger charge is -2.30. The van der Waals surface area contributed by atoms with Crippen molar-refractivity contribution < 1.29 is 4.79 Å². The van der Waals surface area contributed by atoms with E-state index >= 15 is 0 Å². The smallest absolute Gasteiger partial charge is 0.236 e. The topological polar surface area (TPSA) is 35.6 Å². The lowest BCUT2D eigenvalue weighted by molar-refractivity contribution is -0.132. The van der Waals surface area contributed by atoms with Crippen LogP contribution in [0.25, 0.3) is 0 Å². The molecule has 4 nitrogen and oxygen atoms in total. The largest absolute Gasteiger partial charge is 0.338 e. The normalized spacial score (nSPS) is 12.2. The van der Waals surface area contributed by atoms with E-state index in [4.69, 9.17) is 6.42 Å².